The van der Waals surface area contributed by atoms with Crippen molar-refractivity contribution in [2.45, 2.75) is 9.79 Å². The van der Waals surface area contributed by atoms with Crippen LogP contribution in [0.2, 0.25) is 0 Å². The Morgan fingerprint density at radius 3 is 0.909 bits per heavy atom. The molecule has 26 rings (SSSR count). The Balaban J connectivity index is 0.817. The number of fused-ring (bicyclic) bond motifs is 13. The molecule has 0 aliphatic carbocycles. The molecule has 0 spiro atoms. The number of hydrogen-bond donors (Lipinski definition) is 0. The van der Waals surface area contributed by atoms with Crippen molar-refractivity contribution in [1.29, 1.82) is 0 Å². The molecule has 0 atom stereocenters. The van der Waals surface area contributed by atoms with Crippen LogP contribution in [0, 0.1) is 0 Å². The van der Waals surface area contributed by atoms with Gasteiger partial charge < -0.3 is 18.6 Å². The highest BCUT2D eigenvalue weighted by atomic mass is 32.2. The summed E-state index contributed by atoms with van der Waals surface area (Å²) >= 11 is 1.93. The number of rotatable bonds is 15. The molecular weight excluding hydrogens is 1610 g/mol. The van der Waals surface area contributed by atoms with Crippen molar-refractivity contribution in [3.8, 4) is 139 Å². The van der Waals surface area contributed by atoms with Crippen LogP contribution in [0.3, 0.4) is 0 Å². The van der Waals surface area contributed by atoms with Gasteiger partial charge in [0.25, 0.3) is 0 Å². The van der Waals surface area contributed by atoms with E-state index in [2.05, 4.69) is 510 Å². The average Bonchev–Trinajstić information content (AvgIpc) is 0.906. The Bertz CT molecular complexity index is 8370. The minimum Gasteiger partial charge on any atom is -0.310 e. The van der Waals surface area contributed by atoms with Gasteiger partial charge in [-0.2, -0.15) is 0 Å². The van der Waals surface area contributed by atoms with Gasteiger partial charge in [-0.3, -0.25) is 0 Å². The summed E-state index contributed by atoms with van der Waals surface area (Å²) in [4.78, 5) is 5.11. The molecule has 2 aliphatic rings. The number of para-hydroxylation sites is 2. The third kappa shape index (κ3) is 12.9. The molecule has 2 aliphatic heterocycles. The van der Waals surface area contributed by atoms with Crippen molar-refractivity contribution < 1.29 is 0 Å². The van der Waals surface area contributed by atoms with Crippen LogP contribution < -0.4 is 21.3 Å². The summed E-state index contributed by atoms with van der Waals surface area (Å²) in [7, 11) is 0. The van der Waals surface area contributed by atoms with Crippen LogP contribution in [-0.2, 0) is 0 Å². The van der Waals surface area contributed by atoms with Crippen LogP contribution in [0.4, 0.5) is 17.1 Å². The molecule has 0 amide bonds. The molecule has 6 heteroatoms. The lowest BCUT2D eigenvalue weighted by Crippen LogP contribution is -2.60. The van der Waals surface area contributed by atoms with Gasteiger partial charge in [0.1, 0.15) is 0 Å². The fourth-order valence-corrected chi connectivity index (χ4v) is 22.6. The second-order valence-electron chi connectivity index (χ2n) is 35.0. The standard InChI is InChI=1S/C126H81BN4S/c1-11-33-82(34-12-1)91-55-62-116-108(70-91)109-71-92(83-35-13-2-14-36-83)56-63-117(109)129(116)103-60-61-112-120(81-103)131(125-105(89-47-25-8-26-48-89)75-99(88-45-23-7-24-46-88)76-106(125)90-49-27-9-28-50-90)121-78-101(95-59-64-115-107(74-95)104-53-31-32-54-114(104)128(115)102-51-29-10-30-52-102)80-123-124(121)127(112)113-77-100(98-68-96(86-41-19-5-20-42-86)67-97(69-98)87-43-21-6-22-44-87)79-122(126(113)132-123)130-118-65-57-93(84-37-15-3-16-38-84)72-110(118)111-73-94(58-66-119(111)130)85-39-17-4-18-40-85/h1-81H. The second-order valence-corrected chi connectivity index (χ2v) is 36.0. The zero-order chi connectivity index (χ0) is 86.9. The molecule has 21 aromatic carbocycles. The number of aromatic nitrogens is 3. The third-order valence-corrected chi connectivity index (χ3v) is 28.6. The monoisotopic (exact) mass is 1690 g/mol. The quantitative estimate of drug-likeness (QED) is 0.0952. The molecule has 0 radical (unpaired) electrons. The third-order valence-electron chi connectivity index (χ3n) is 27.4. The van der Waals surface area contributed by atoms with Gasteiger partial charge in [0.05, 0.1) is 44.5 Å². The zero-order valence-corrected chi connectivity index (χ0v) is 72.9. The summed E-state index contributed by atoms with van der Waals surface area (Å²) in [6.07, 6.45) is 0. The number of nitrogens with zero attached hydrogens (tertiary/aromatic N) is 4. The average molecular weight is 1690 g/mol. The molecule has 4 nitrogen and oxygen atoms in total. The predicted octanol–water partition coefficient (Wildman–Crippen LogP) is 32.1. The van der Waals surface area contributed by atoms with Gasteiger partial charge in [-0.15, -0.1) is 0 Å². The van der Waals surface area contributed by atoms with E-state index in [1.165, 1.54) is 103 Å². The fourth-order valence-electron chi connectivity index (χ4n) is 21.3. The molecule has 132 heavy (non-hydrogen) atoms. The molecule has 614 valence electrons. The Morgan fingerprint density at radius 2 is 0.485 bits per heavy atom. The Morgan fingerprint density at radius 1 is 0.174 bits per heavy atom. The smallest absolute Gasteiger partial charge is 0.249 e. The maximum atomic E-state index is 2.74. The van der Waals surface area contributed by atoms with E-state index in [0.29, 0.717) is 0 Å². The topological polar surface area (TPSA) is 18.0 Å². The minimum atomic E-state index is -0.358. The van der Waals surface area contributed by atoms with E-state index in [4.69, 9.17) is 0 Å². The zero-order valence-electron chi connectivity index (χ0n) is 72.0. The van der Waals surface area contributed by atoms with Crippen molar-refractivity contribution in [1.82, 2.24) is 13.7 Å². The normalized spacial score (nSPS) is 12.2. The molecule has 24 aromatic rings. The Kier molecular flexibility index (Phi) is 18.3. The van der Waals surface area contributed by atoms with Crippen LogP contribution in [0.15, 0.2) is 501 Å². The van der Waals surface area contributed by atoms with Gasteiger partial charge in [0.2, 0.25) is 6.71 Å². The van der Waals surface area contributed by atoms with E-state index in [-0.39, 0.29) is 6.71 Å². The molecule has 0 unspecified atom stereocenters. The van der Waals surface area contributed by atoms with Gasteiger partial charge in [-0.05, 0) is 262 Å². The van der Waals surface area contributed by atoms with E-state index in [1.807, 2.05) is 11.8 Å². The van der Waals surface area contributed by atoms with Gasteiger partial charge in [0.15, 0.2) is 0 Å². The summed E-state index contributed by atoms with van der Waals surface area (Å²) in [5.74, 6) is 0. The van der Waals surface area contributed by atoms with Crippen molar-refractivity contribution in [2.24, 2.45) is 0 Å². The highest BCUT2D eigenvalue weighted by molar-refractivity contribution is 8.00. The largest absolute Gasteiger partial charge is 0.310 e. The van der Waals surface area contributed by atoms with Crippen molar-refractivity contribution >= 4 is 117 Å². The number of anilines is 3. The van der Waals surface area contributed by atoms with Gasteiger partial charge in [-0.25, -0.2) is 0 Å². The van der Waals surface area contributed by atoms with Crippen molar-refractivity contribution in [3.63, 3.8) is 0 Å². The summed E-state index contributed by atoms with van der Waals surface area (Å²) in [5, 5.41) is 7.11. The molecule has 0 bridgehead atoms. The van der Waals surface area contributed by atoms with Crippen LogP contribution in [-0.4, -0.2) is 20.4 Å². The molecule has 0 saturated carbocycles. The van der Waals surface area contributed by atoms with Crippen LogP contribution >= 0.6 is 11.8 Å². The lowest BCUT2D eigenvalue weighted by Gasteiger charge is -2.42. The van der Waals surface area contributed by atoms with Crippen LogP contribution in [0.1, 0.15) is 0 Å². The highest BCUT2D eigenvalue weighted by Gasteiger charge is 2.45. The van der Waals surface area contributed by atoms with Crippen LogP contribution in [0.5, 0.6) is 0 Å². The van der Waals surface area contributed by atoms with E-state index in [9.17, 15) is 0 Å². The Hall–Kier alpha value is -16.8. The summed E-state index contributed by atoms with van der Waals surface area (Å²) in [5.41, 5.74) is 42.1. The van der Waals surface area contributed by atoms with E-state index >= 15 is 0 Å². The molecule has 0 N–H and O–H groups in total. The number of benzene rings is 21. The summed E-state index contributed by atoms with van der Waals surface area (Å²) < 4.78 is 7.63. The van der Waals surface area contributed by atoms with Crippen molar-refractivity contribution in [2.75, 3.05) is 4.90 Å². The second kappa shape index (κ2) is 31.6. The molecule has 3 aromatic heterocycles. The Labute approximate surface area is 770 Å². The predicted molar refractivity (Wildman–Crippen MR) is 559 cm³/mol. The SMILES string of the molecule is c1ccc(-c2cc(-c3ccccc3)cc(-c3cc4c(c(-n5c6ccc(-c7ccccc7)cc6c6cc(-c7ccccc7)ccc65)c3)Sc3cc(-c5ccc6c(c5)c5ccccc5n6-c5ccccc5)cc5c3B4c3ccc(-n4c6ccc(-c7ccccc7)cc6c6cc(-c7ccccc7)ccc64)cc3N5c3c(-c4ccccc4)cc(-c4ccccc4)cc3-c3ccccc3)c2)cc1. The summed E-state index contributed by atoms with van der Waals surface area (Å²) in [6.45, 7) is -0.358. The lowest BCUT2D eigenvalue weighted by molar-refractivity contribution is 1.13. The maximum Gasteiger partial charge on any atom is 0.249 e. The van der Waals surface area contributed by atoms with Gasteiger partial charge in [-0.1, -0.05) is 369 Å². The highest BCUT2D eigenvalue weighted by Crippen LogP contribution is 2.55. The number of hydrogen-bond acceptors (Lipinski definition) is 2. The van der Waals surface area contributed by atoms with E-state index in [0.717, 1.165) is 145 Å². The van der Waals surface area contributed by atoms with Gasteiger partial charge >= 0.3 is 0 Å². The first-order valence-corrected chi connectivity index (χ1v) is 46.3. The lowest BCUT2D eigenvalue weighted by atomic mass is 9.34. The first-order chi connectivity index (χ1) is 65.4. The fraction of sp³-hybridized carbons (Fsp3) is 0. The first kappa shape index (κ1) is 76.5. The van der Waals surface area contributed by atoms with E-state index in [1.54, 1.807) is 0 Å². The molecular formula is C126H81BN4S. The maximum absolute atomic E-state index is 2.74. The molecule has 0 saturated heterocycles. The van der Waals surface area contributed by atoms with Gasteiger partial charge in [0, 0.05) is 76.0 Å². The van der Waals surface area contributed by atoms with E-state index < -0.39 is 0 Å². The summed E-state index contributed by atoms with van der Waals surface area (Å²) in [6, 6.07) is 185. The van der Waals surface area contributed by atoms with Crippen molar-refractivity contribution in [3.05, 3.63) is 491 Å². The first-order valence-electron chi connectivity index (χ1n) is 45.5. The molecule has 0 fully saturated rings. The minimum absolute atomic E-state index is 0.358. The molecule has 5 heterocycles. The van der Waals surface area contributed by atoms with Crippen LogP contribution in [0.25, 0.3) is 205 Å².